The van der Waals surface area contributed by atoms with Crippen LogP contribution in [0.15, 0.2) is 36.4 Å². The van der Waals surface area contributed by atoms with E-state index in [0.29, 0.717) is 16.7 Å². The first-order valence-electron chi connectivity index (χ1n) is 8.11. The number of amides is 1. The molecule has 28 heavy (non-hydrogen) atoms. The number of rotatable bonds is 7. The Balaban J connectivity index is 1.86. The van der Waals surface area contributed by atoms with Crippen molar-refractivity contribution in [3.63, 3.8) is 0 Å². The molecule has 2 aromatic rings. The number of Topliss-reactive ketones (excluding diaryl/α,β-unsaturated/α-hetero) is 1. The summed E-state index contributed by atoms with van der Waals surface area (Å²) in [6, 6.07) is 7.59. The molecule has 0 aliphatic heterocycles. The smallest absolute Gasteiger partial charge is 0.307 e. The van der Waals surface area contributed by atoms with Crippen molar-refractivity contribution < 1.29 is 32.3 Å². The van der Waals surface area contributed by atoms with E-state index in [-0.39, 0.29) is 18.6 Å². The van der Waals surface area contributed by atoms with Gasteiger partial charge in [-0.15, -0.1) is 0 Å². The van der Waals surface area contributed by atoms with Gasteiger partial charge >= 0.3 is 5.97 Å². The number of nitrogens with one attached hydrogen (secondary N) is 1. The van der Waals surface area contributed by atoms with E-state index < -0.39 is 41.1 Å². The van der Waals surface area contributed by atoms with Crippen LogP contribution < -0.4 is 5.32 Å². The highest BCUT2D eigenvalue weighted by molar-refractivity contribution is 6.30. The van der Waals surface area contributed by atoms with Crippen LogP contribution in [-0.2, 0) is 14.3 Å². The highest BCUT2D eigenvalue weighted by Gasteiger charge is 2.21. The van der Waals surface area contributed by atoms with E-state index in [0.717, 1.165) is 6.07 Å². The Morgan fingerprint density at radius 2 is 1.64 bits per heavy atom. The predicted molar refractivity (Wildman–Crippen MR) is 95.5 cm³/mol. The molecule has 5 nitrogen and oxygen atoms in total. The van der Waals surface area contributed by atoms with Crippen LogP contribution in [0.1, 0.15) is 30.1 Å². The van der Waals surface area contributed by atoms with Gasteiger partial charge in [0.1, 0.15) is 0 Å². The van der Waals surface area contributed by atoms with Crippen LogP contribution in [0, 0.1) is 17.5 Å². The lowest BCUT2D eigenvalue weighted by molar-refractivity contribution is -0.153. The summed E-state index contributed by atoms with van der Waals surface area (Å²) in [6.45, 7) is 1.21. The Bertz CT molecular complexity index is 903. The number of carbonyl (C=O) groups excluding carboxylic acids is 3. The van der Waals surface area contributed by atoms with E-state index >= 15 is 0 Å². The van der Waals surface area contributed by atoms with Crippen LogP contribution in [-0.4, -0.2) is 23.8 Å². The average molecular weight is 414 g/mol. The molecule has 0 aliphatic carbocycles. The van der Waals surface area contributed by atoms with Crippen LogP contribution in [0.2, 0.25) is 5.02 Å². The van der Waals surface area contributed by atoms with Crippen molar-refractivity contribution in [3.8, 4) is 0 Å². The molecule has 2 rings (SSSR count). The minimum atomic E-state index is -1.73. The van der Waals surface area contributed by atoms with Gasteiger partial charge in [-0.05, 0) is 43.3 Å². The first kappa shape index (κ1) is 21.4. The van der Waals surface area contributed by atoms with Crippen LogP contribution in [0.3, 0.4) is 0 Å². The van der Waals surface area contributed by atoms with Gasteiger partial charge < -0.3 is 10.1 Å². The first-order chi connectivity index (χ1) is 13.2. The van der Waals surface area contributed by atoms with Crippen molar-refractivity contribution in [3.05, 3.63) is 64.4 Å². The Morgan fingerprint density at radius 3 is 2.29 bits per heavy atom. The monoisotopic (exact) mass is 413 g/mol. The second kappa shape index (κ2) is 9.36. The summed E-state index contributed by atoms with van der Waals surface area (Å²) in [4.78, 5) is 35.7. The van der Waals surface area contributed by atoms with Crippen molar-refractivity contribution in [1.29, 1.82) is 0 Å². The van der Waals surface area contributed by atoms with Gasteiger partial charge in [-0.1, -0.05) is 11.6 Å². The van der Waals surface area contributed by atoms with Crippen LogP contribution in [0.4, 0.5) is 18.9 Å². The molecular formula is C19H15ClF3NO4. The molecule has 1 unspecified atom stereocenters. The van der Waals surface area contributed by atoms with Gasteiger partial charge in [0.25, 0.3) is 5.91 Å². The van der Waals surface area contributed by atoms with E-state index in [4.69, 9.17) is 16.3 Å². The van der Waals surface area contributed by atoms with Crippen molar-refractivity contribution >= 4 is 34.9 Å². The SMILES string of the molecule is CC(OC(=O)CCC(=O)c1ccc(Cl)cc1)C(=O)Nc1ccc(F)c(F)c1F. The lowest BCUT2D eigenvalue weighted by atomic mass is 10.1. The summed E-state index contributed by atoms with van der Waals surface area (Å²) >= 11 is 5.73. The van der Waals surface area contributed by atoms with Gasteiger partial charge in [0.05, 0.1) is 12.1 Å². The highest BCUT2D eigenvalue weighted by Crippen LogP contribution is 2.20. The maximum absolute atomic E-state index is 13.6. The number of hydrogen-bond acceptors (Lipinski definition) is 4. The minimum absolute atomic E-state index is 0.146. The maximum Gasteiger partial charge on any atom is 0.307 e. The fourth-order valence-electron chi connectivity index (χ4n) is 2.16. The van der Waals surface area contributed by atoms with E-state index in [1.54, 1.807) is 0 Å². The van der Waals surface area contributed by atoms with Crippen molar-refractivity contribution in [1.82, 2.24) is 0 Å². The topological polar surface area (TPSA) is 72.5 Å². The minimum Gasteiger partial charge on any atom is -0.453 e. The fourth-order valence-corrected chi connectivity index (χ4v) is 2.29. The number of esters is 1. The summed E-state index contributed by atoms with van der Waals surface area (Å²) in [5.74, 6) is -6.78. The molecular weight excluding hydrogens is 399 g/mol. The quantitative estimate of drug-likeness (QED) is 0.417. The molecule has 1 N–H and O–H groups in total. The maximum atomic E-state index is 13.6. The van der Waals surface area contributed by atoms with Crippen molar-refractivity contribution in [2.24, 2.45) is 0 Å². The third kappa shape index (κ3) is 5.56. The molecule has 0 aromatic heterocycles. The van der Waals surface area contributed by atoms with Crippen molar-refractivity contribution in [2.75, 3.05) is 5.32 Å². The summed E-state index contributed by atoms with van der Waals surface area (Å²) in [7, 11) is 0. The molecule has 0 saturated carbocycles. The number of benzene rings is 2. The Kier molecular flexibility index (Phi) is 7.17. The number of halogens is 4. The number of ketones is 1. The molecule has 0 fully saturated rings. The van der Waals surface area contributed by atoms with Gasteiger partial charge in [-0.3, -0.25) is 14.4 Å². The lowest BCUT2D eigenvalue weighted by Gasteiger charge is -2.14. The van der Waals surface area contributed by atoms with Crippen LogP contribution in [0.5, 0.6) is 0 Å². The number of carbonyl (C=O) groups is 3. The Hall–Kier alpha value is -2.87. The number of anilines is 1. The van der Waals surface area contributed by atoms with E-state index in [2.05, 4.69) is 0 Å². The number of hydrogen-bond donors (Lipinski definition) is 1. The van der Waals surface area contributed by atoms with Gasteiger partial charge in [0.15, 0.2) is 29.3 Å². The Morgan fingerprint density at radius 1 is 1.00 bits per heavy atom. The normalized spacial score (nSPS) is 11.6. The van der Waals surface area contributed by atoms with E-state index in [9.17, 15) is 27.6 Å². The summed E-state index contributed by atoms with van der Waals surface area (Å²) < 4.78 is 44.5. The zero-order valence-corrected chi connectivity index (χ0v) is 15.4. The third-order valence-electron chi connectivity index (χ3n) is 3.69. The summed E-state index contributed by atoms with van der Waals surface area (Å²) in [6.07, 6.45) is -1.77. The highest BCUT2D eigenvalue weighted by atomic mass is 35.5. The largest absolute Gasteiger partial charge is 0.453 e. The van der Waals surface area contributed by atoms with E-state index in [1.807, 2.05) is 5.32 Å². The van der Waals surface area contributed by atoms with Gasteiger partial charge in [0, 0.05) is 17.0 Å². The van der Waals surface area contributed by atoms with Crippen molar-refractivity contribution in [2.45, 2.75) is 25.9 Å². The molecule has 1 amide bonds. The molecule has 1 atom stereocenters. The van der Waals surface area contributed by atoms with E-state index in [1.165, 1.54) is 31.2 Å². The lowest BCUT2D eigenvalue weighted by Crippen LogP contribution is -2.30. The summed E-state index contributed by atoms with van der Waals surface area (Å²) in [5, 5.41) is 2.47. The fraction of sp³-hybridized carbons (Fsp3) is 0.211. The van der Waals surface area contributed by atoms with Gasteiger partial charge in [0.2, 0.25) is 0 Å². The van der Waals surface area contributed by atoms with Crippen LogP contribution >= 0.6 is 11.6 Å². The number of ether oxygens (including phenoxy) is 1. The average Bonchev–Trinajstić information content (AvgIpc) is 2.67. The molecule has 2 aromatic carbocycles. The zero-order valence-electron chi connectivity index (χ0n) is 14.6. The summed E-state index contributed by atoms with van der Waals surface area (Å²) in [5.41, 5.74) is -0.221. The third-order valence-corrected chi connectivity index (χ3v) is 3.94. The molecule has 0 saturated heterocycles. The molecule has 148 valence electrons. The molecule has 0 bridgehead atoms. The van der Waals surface area contributed by atoms with Gasteiger partial charge in [-0.25, -0.2) is 13.2 Å². The molecule has 9 heteroatoms. The predicted octanol–water partition coefficient (Wildman–Crippen LogP) is 4.29. The zero-order chi connectivity index (χ0) is 20.8. The Labute approximate surface area is 163 Å². The first-order valence-corrected chi connectivity index (χ1v) is 8.49. The molecule has 0 aliphatic rings. The molecule has 0 heterocycles. The van der Waals surface area contributed by atoms with Gasteiger partial charge in [-0.2, -0.15) is 0 Å². The standard InChI is InChI=1S/C19H15ClF3NO4/c1-10(19(27)24-14-7-6-13(21)17(22)18(14)23)28-16(26)9-8-15(25)11-2-4-12(20)5-3-11/h2-7,10H,8-9H2,1H3,(H,24,27). The molecule has 0 radical (unpaired) electrons. The second-order valence-electron chi connectivity index (χ2n) is 5.77. The molecule has 0 spiro atoms. The van der Waals surface area contributed by atoms with Crippen LogP contribution in [0.25, 0.3) is 0 Å². The second-order valence-corrected chi connectivity index (χ2v) is 6.21.